The van der Waals surface area contributed by atoms with Gasteiger partial charge in [0.05, 0.1) is 11.2 Å². The van der Waals surface area contributed by atoms with E-state index in [-0.39, 0.29) is 11.6 Å². The molecule has 1 fully saturated rings. The van der Waals surface area contributed by atoms with Crippen LogP contribution in [0.25, 0.3) is 0 Å². The molecule has 4 nitrogen and oxygen atoms in total. The molecule has 1 aromatic heterocycles. The smallest absolute Gasteiger partial charge is 0.291 e. The number of rotatable bonds is 7. The summed E-state index contributed by atoms with van der Waals surface area (Å²) in [7, 11) is 0. The van der Waals surface area contributed by atoms with Crippen molar-refractivity contribution in [1.82, 2.24) is 9.78 Å². The van der Waals surface area contributed by atoms with Crippen LogP contribution in [0, 0.1) is 5.92 Å². The quantitative estimate of drug-likeness (QED) is 0.841. The Kier molecular flexibility index (Phi) is 5.16. The summed E-state index contributed by atoms with van der Waals surface area (Å²) in [5.41, 5.74) is 0.400. The van der Waals surface area contributed by atoms with Crippen LogP contribution in [-0.4, -0.2) is 27.8 Å². The molecular weight excluding hydrogens is 282 g/mol. The van der Waals surface area contributed by atoms with Crippen molar-refractivity contribution in [1.29, 1.82) is 0 Å². The second-order valence-corrected chi connectivity index (χ2v) is 6.32. The molecule has 0 amide bonds. The van der Waals surface area contributed by atoms with Gasteiger partial charge in [0, 0.05) is 18.3 Å². The van der Waals surface area contributed by atoms with Gasteiger partial charge in [0.1, 0.15) is 5.69 Å². The molecular formula is C13H20ClN3OS. The maximum Gasteiger partial charge on any atom is 0.291 e. The van der Waals surface area contributed by atoms with Gasteiger partial charge >= 0.3 is 0 Å². The number of hydrogen-bond donors (Lipinski definition) is 1. The third-order valence-corrected chi connectivity index (χ3v) is 4.36. The molecule has 0 aromatic carbocycles. The maximum atomic E-state index is 12.4. The summed E-state index contributed by atoms with van der Waals surface area (Å²) in [5, 5.41) is 7.81. The van der Waals surface area contributed by atoms with Crippen molar-refractivity contribution in [2.75, 3.05) is 17.3 Å². The summed E-state index contributed by atoms with van der Waals surface area (Å²) < 4.78 is 1.54. The minimum Gasteiger partial charge on any atom is -0.376 e. The zero-order valence-electron chi connectivity index (χ0n) is 11.4. The Hall–Kier alpha value is -0.680. The van der Waals surface area contributed by atoms with Gasteiger partial charge in [0.25, 0.3) is 5.56 Å². The van der Waals surface area contributed by atoms with E-state index in [0.717, 1.165) is 12.2 Å². The van der Waals surface area contributed by atoms with Gasteiger partial charge < -0.3 is 5.32 Å². The highest BCUT2D eigenvalue weighted by Crippen LogP contribution is 2.30. The number of anilines is 1. The molecule has 0 spiro atoms. The van der Waals surface area contributed by atoms with Gasteiger partial charge in [-0.3, -0.25) is 4.79 Å². The average molecular weight is 302 g/mol. The van der Waals surface area contributed by atoms with E-state index >= 15 is 0 Å². The molecule has 1 unspecified atom stereocenters. The SMILES string of the molecule is CCC(CSC)Nc1c(Cl)cnn(CC2CC2)c1=O. The highest BCUT2D eigenvalue weighted by Gasteiger charge is 2.24. The molecule has 19 heavy (non-hydrogen) atoms. The molecule has 0 radical (unpaired) electrons. The van der Waals surface area contributed by atoms with E-state index in [2.05, 4.69) is 23.6 Å². The Morgan fingerprint density at radius 3 is 2.95 bits per heavy atom. The lowest BCUT2D eigenvalue weighted by atomic mass is 10.2. The second kappa shape index (κ2) is 6.66. The topological polar surface area (TPSA) is 46.9 Å². The molecule has 0 bridgehead atoms. The summed E-state index contributed by atoms with van der Waals surface area (Å²) in [6.45, 7) is 2.82. The normalized spacial score (nSPS) is 16.4. The van der Waals surface area contributed by atoms with E-state index in [1.165, 1.54) is 17.5 Å². The van der Waals surface area contributed by atoms with E-state index in [0.29, 0.717) is 23.2 Å². The Morgan fingerprint density at radius 1 is 1.63 bits per heavy atom. The van der Waals surface area contributed by atoms with Crippen LogP contribution in [-0.2, 0) is 6.54 Å². The summed E-state index contributed by atoms with van der Waals surface area (Å²) in [6.07, 6.45) is 6.98. The first kappa shape index (κ1) is 14.7. The highest BCUT2D eigenvalue weighted by molar-refractivity contribution is 7.98. The number of hydrogen-bond acceptors (Lipinski definition) is 4. The second-order valence-electron chi connectivity index (χ2n) is 5.00. The van der Waals surface area contributed by atoms with E-state index in [4.69, 9.17) is 11.6 Å². The van der Waals surface area contributed by atoms with Crippen molar-refractivity contribution in [2.45, 2.75) is 38.8 Å². The summed E-state index contributed by atoms with van der Waals surface area (Å²) >= 11 is 7.87. The number of nitrogens with zero attached hydrogens (tertiary/aromatic N) is 2. The van der Waals surface area contributed by atoms with Crippen LogP contribution in [0.1, 0.15) is 26.2 Å². The van der Waals surface area contributed by atoms with Crippen molar-refractivity contribution in [2.24, 2.45) is 5.92 Å². The molecule has 1 aliphatic carbocycles. The van der Waals surface area contributed by atoms with Crippen LogP contribution in [0.4, 0.5) is 5.69 Å². The molecule has 1 atom stereocenters. The van der Waals surface area contributed by atoms with Crippen LogP contribution < -0.4 is 10.9 Å². The number of aromatic nitrogens is 2. The van der Waals surface area contributed by atoms with Gasteiger partial charge in [-0.1, -0.05) is 18.5 Å². The van der Waals surface area contributed by atoms with Gasteiger partial charge in [-0.25, -0.2) is 4.68 Å². The zero-order chi connectivity index (χ0) is 13.8. The molecule has 6 heteroatoms. The zero-order valence-corrected chi connectivity index (χ0v) is 12.9. The predicted molar refractivity (Wildman–Crippen MR) is 82.3 cm³/mol. The minimum absolute atomic E-state index is 0.0982. The third kappa shape index (κ3) is 3.89. The predicted octanol–water partition coefficient (Wildman–Crippen LogP) is 2.86. The van der Waals surface area contributed by atoms with Crippen LogP contribution in [0.2, 0.25) is 5.02 Å². The van der Waals surface area contributed by atoms with Crippen molar-refractivity contribution in [3.05, 3.63) is 21.6 Å². The van der Waals surface area contributed by atoms with Crippen molar-refractivity contribution < 1.29 is 0 Å². The highest BCUT2D eigenvalue weighted by atomic mass is 35.5. The lowest BCUT2D eigenvalue weighted by Crippen LogP contribution is -2.31. The molecule has 1 aliphatic rings. The molecule has 2 rings (SSSR count). The molecule has 1 heterocycles. The first-order valence-corrected chi connectivity index (χ1v) is 8.44. The Morgan fingerprint density at radius 2 is 2.37 bits per heavy atom. The number of halogens is 1. The van der Waals surface area contributed by atoms with E-state index in [1.54, 1.807) is 18.0 Å². The monoisotopic (exact) mass is 301 g/mol. The Labute approximate surface area is 122 Å². The summed E-state index contributed by atoms with van der Waals surface area (Å²) in [6, 6.07) is 0.261. The van der Waals surface area contributed by atoms with Crippen LogP contribution >= 0.6 is 23.4 Å². The fourth-order valence-corrected chi connectivity index (χ4v) is 2.84. The Bertz CT molecular complexity index is 487. The molecule has 106 valence electrons. The van der Waals surface area contributed by atoms with Crippen molar-refractivity contribution >= 4 is 29.1 Å². The third-order valence-electron chi connectivity index (χ3n) is 3.33. The van der Waals surface area contributed by atoms with Crippen molar-refractivity contribution in [3.63, 3.8) is 0 Å². The molecule has 0 saturated heterocycles. The summed E-state index contributed by atoms with van der Waals surface area (Å²) in [4.78, 5) is 12.4. The largest absolute Gasteiger partial charge is 0.376 e. The molecule has 1 saturated carbocycles. The number of nitrogens with one attached hydrogen (secondary N) is 1. The standard InChI is InChI=1S/C13H20ClN3OS/c1-3-10(8-19-2)16-12-11(14)6-15-17(13(12)18)7-9-4-5-9/h6,9-10,16H,3-5,7-8H2,1-2H3. The van der Waals surface area contributed by atoms with Crippen LogP contribution in [0.5, 0.6) is 0 Å². The van der Waals surface area contributed by atoms with Gasteiger partial charge in [-0.05, 0) is 31.4 Å². The van der Waals surface area contributed by atoms with Crippen LogP contribution in [0.3, 0.4) is 0 Å². The first-order chi connectivity index (χ1) is 9.15. The molecule has 0 aliphatic heterocycles. The van der Waals surface area contributed by atoms with Gasteiger partial charge in [-0.15, -0.1) is 0 Å². The maximum absolute atomic E-state index is 12.4. The van der Waals surface area contributed by atoms with E-state index in [1.807, 2.05) is 0 Å². The first-order valence-electron chi connectivity index (χ1n) is 6.66. The van der Waals surface area contributed by atoms with E-state index < -0.39 is 0 Å². The Balaban J connectivity index is 2.19. The minimum atomic E-state index is -0.0982. The fraction of sp³-hybridized carbons (Fsp3) is 0.692. The van der Waals surface area contributed by atoms with Gasteiger partial charge in [0.2, 0.25) is 0 Å². The lowest BCUT2D eigenvalue weighted by molar-refractivity contribution is 0.534. The van der Waals surface area contributed by atoms with Gasteiger partial charge in [-0.2, -0.15) is 16.9 Å². The molecule has 1 N–H and O–H groups in total. The molecule has 1 aromatic rings. The van der Waals surface area contributed by atoms with Crippen LogP contribution in [0.15, 0.2) is 11.0 Å². The average Bonchev–Trinajstić information content (AvgIpc) is 3.20. The van der Waals surface area contributed by atoms with Gasteiger partial charge in [0.15, 0.2) is 0 Å². The van der Waals surface area contributed by atoms with E-state index in [9.17, 15) is 4.79 Å². The van der Waals surface area contributed by atoms with Crippen molar-refractivity contribution in [3.8, 4) is 0 Å². The summed E-state index contributed by atoms with van der Waals surface area (Å²) in [5.74, 6) is 1.57. The fourth-order valence-electron chi connectivity index (χ4n) is 1.94. The number of thioether (sulfide) groups is 1. The lowest BCUT2D eigenvalue weighted by Gasteiger charge is -2.18.